The SMILES string of the molecule is Cn1cccc1C(=O)n1ccc2c(ccnc1N)OC(F)(F)O2. The van der Waals surface area contributed by atoms with Crippen LogP contribution < -0.4 is 15.2 Å². The van der Waals surface area contributed by atoms with Crippen LogP contribution in [0.25, 0.3) is 0 Å². The van der Waals surface area contributed by atoms with Crippen molar-refractivity contribution in [3.63, 3.8) is 0 Å². The number of fused-ring (bicyclic) bond motifs is 1. The Balaban J connectivity index is 2.12. The van der Waals surface area contributed by atoms with Crippen LogP contribution in [-0.2, 0) is 7.05 Å². The molecule has 9 heteroatoms. The Hall–Kier alpha value is -3.10. The minimum absolute atomic E-state index is 0.128. The van der Waals surface area contributed by atoms with Gasteiger partial charge in [-0.1, -0.05) is 0 Å². The molecular formula is C14H12F2N4O3. The molecule has 1 aliphatic rings. The van der Waals surface area contributed by atoms with E-state index in [0.717, 1.165) is 16.8 Å². The van der Waals surface area contributed by atoms with Crippen LogP contribution in [0.1, 0.15) is 10.5 Å². The molecule has 3 rings (SSSR count). The first-order chi connectivity index (χ1) is 10.9. The second kappa shape index (κ2) is 5.27. The zero-order valence-electron chi connectivity index (χ0n) is 11.9. The maximum absolute atomic E-state index is 13.1. The number of nitrogens with two attached hydrogens (primary N) is 1. The molecule has 0 bridgehead atoms. The molecule has 23 heavy (non-hydrogen) atoms. The van der Waals surface area contributed by atoms with Gasteiger partial charge >= 0.3 is 6.29 Å². The average Bonchev–Trinajstić information content (AvgIpc) is 3.02. The Kier molecular flexibility index (Phi) is 3.40. The van der Waals surface area contributed by atoms with Crippen LogP contribution in [0.4, 0.5) is 14.7 Å². The number of ether oxygens (including phenoxy) is 2. The van der Waals surface area contributed by atoms with E-state index in [1.165, 1.54) is 12.3 Å². The highest BCUT2D eigenvalue weighted by atomic mass is 19.3. The lowest BCUT2D eigenvalue weighted by molar-refractivity contribution is -0.286. The van der Waals surface area contributed by atoms with Crippen molar-refractivity contribution in [1.29, 1.82) is 0 Å². The summed E-state index contributed by atoms with van der Waals surface area (Å²) in [5, 5.41) is 0. The smallest absolute Gasteiger partial charge is 0.395 e. The molecule has 0 atom stereocenters. The minimum atomic E-state index is -3.76. The van der Waals surface area contributed by atoms with Gasteiger partial charge in [0, 0.05) is 37.8 Å². The van der Waals surface area contributed by atoms with Crippen LogP contribution in [-0.4, -0.2) is 26.3 Å². The third-order valence-corrected chi connectivity index (χ3v) is 3.14. The van der Waals surface area contributed by atoms with Crippen LogP contribution in [0.15, 0.2) is 42.9 Å². The fraction of sp³-hybridized carbons (Fsp3) is 0.143. The topological polar surface area (TPSA) is 84.3 Å². The average molecular weight is 322 g/mol. The number of carbonyl (C=O) groups excluding carboxylic acids is 1. The van der Waals surface area contributed by atoms with Gasteiger partial charge in [-0.15, -0.1) is 8.78 Å². The fourth-order valence-electron chi connectivity index (χ4n) is 2.05. The maximum Gasteiger partial charge on any atom is 0.586 e. The Morgan fingerprint density at radius 2 is 1.91 bits per heavy atom. The normalized spacial score (nSPS) is 14.4. The van der Waals surface area contributed by atoms with E-state index in [9.17, 15) is 13.6 Å². The number of anilines is 1. The summed E-state index contributed by atoms with van der Waals surface area (Å²) in [4.78, 5) is 16.4. The first kappa shape index (κ1) is 14.8. The zero-order chi connectivity index (χ0) is 16.6. The summed E-state index contributed by atoms with van der Waals surface area (Å²) in [6.45, 7) is 0. The molecular weight excluding hydrogens is 310 g/mol. The van der Waals surface area contributed by atoms with Gasteiger partial charge in [-0.25, -0.2) is 4.98 Å². The molecule has 7 nitrogen and oxygen atoms in total. The number of nitrogens with zero attached hydrogens (tertiary/aromatic N) is 3. The molecule has 120 valence electrons. The second-order valence-electron chi connectivity index (χ2n) is 4.69. The molecule has 0 radical (unpaired) electrons. The van der Waals surface area contributed by atoms with Crippen LogP contribution in [0, 0.1) is 0 Å². The van der Waals surface area contributed by atoms with Crippen molar-refractivity contribution >= 4 is 11.9 Å². The van der Waals surface area contributed by atoms with E-state index in [4.69, 9.17) is 5.73 Å². The molecule has 3 heterocycles. The summed E-state index contributed by atoms with van der Waals surface area (Å²) in [6, 6.07) is 5.62. The molecule has 0 unspecified atom stereocenters. The number of aryl methyl sites for hydroxylation is 1. The van der Waals surface area contributed by atoms with Crippen molar-refractivity contribution in [2.24, 2.45) is 7.05 Å². The number of hydrogen-bond donors (Lipinski definition) is 1. The number of nitrogen functional groups attached to an aromatic ring is 1. The van der Waals surface area contributed by atoms with Gasteiger partial charge in [0.25, 0.3) is 5.91 Å². The van der Waals surface area contributed by atoms with Crippen molar-refractivity contribution in [3.8, 4) is 11.5 Å². The largest absolute Gasteiger partial charge is 0.586 e. The maximum atomic E-state index is 13.1. The highest BCUT2D eigenvalue weighted by Crippen LogP contribution is 2.39. The summed E-state index contributed by atoms with van der Waals surface area (Å²) in [7, 11) is 1.69. The third-order valence-electron chi connectivity index (χ3n) is 3.14. The van der Waals surface area contributed by atoms with Gasteiger partial charge in [0.2, 0.25) is 5.95 Å². The number of aromatic nitrogens is 3. The summed E-state index contributed by atoms with van der Waals surface area (Å²) in [5.41, 5.74) is 6.12. The van der Waals surface area contributed by atoms with Crippen molar-refractivity contribution in [3.05, 3.63) is 48.5 Å². The molecule has 2 aromatic rings. The Morgan fingerprint density at radius 1 is 1.22 bits per heavy atom. The van der Waals surface area contributed by atoms with E-state index >= 15 is 0 Å². The molecule has 0 aromatic carbocycles. The van der Waals surface area contributed by atoms with Crippen LogP contribution in [0.5, 0.6) is 11.5 Å². The second-order valence-corrected chi connectivity index (χ2v) is 4.69. The van der Waals surface area contributed by atoms with Crippen LogP contribution >= 0.6 is 0 Å². The molecule has 1 aliphatic heterocycles. The number of alkyl halides is 2. The van der Waals surface area contributed by atoms with Crippen molar-refractivity contribution in [2.75, 3.05) is 5.73 Å². The van der Waals surface area contributed by atoms with Gasteiger partial charge in [-0.2, -0.15) is 0 Å². The van der Waals surface area contributed by atoms with E-state index in [2.05, 4.69) is 14.5 Å². The first-order valence-corrected chi connectivity index (χ1v) is 6.50. The summed E-state index contributed by atoms with van der Waals surface area (Å²) in [6.07, 6.45) is 0.269. The van der Waals surface area contributed by atoms with E-state index in [1.54, 1.807) is 29.9 Å². The number of hydrogen-bond acceptors (Lipinski definition) is 5. The van der Waals surface area contributed by atoms with Crippen molar-refractivity contribution < 1.29 is 23.0 Å². The first-order valence-electron chi connectivity index (χ1n) is 6.50. The predicted molar refractivity (Wildman–Crippen MR) is 75.6 cm³/mol. The van der Waals surface area contributed by atoms with Gasteiger partial charge in [-0.3, -0.25) is 9.36 Å². The molecule has 2 N–H and O–H groups in total. The molecule has 0 spiro atoms. The van der Waals surface area contributed by atoms with Gasteiger partial charge in [0.15, 0.2) is 11.5 Å². The van der Waals surface area contributed by atoms with Gasteiger partial charge in [0.05, 0.1) is 0 Å². The lowest BCUT2D eigenvalue weighted by Crippen LogP contribution is -2.26. The molecule has 0 fully saturated rings. The molecule has 2 aromatic heterocycles. The fourth-order valence-corrected chi connectivity index (χ4v) is 2.05. The summed E-state index contributed by atoms with van der Waals surface area (Å²) >= 11 is 0. The van der Waals surface area contributed by atoms with Crippen LogP contribution in [0.2, 0.25) is 0 Å². The molecule has 0 amide bonds. The third kappa shape index (κ3) is 2.80. The Bertz CT molecular complexity index is 827. The van der Waals surface area contributed by atoms with Gasteiger partial charge in [-0.05, 0) is 12.1 Å². The predicted octanol–water partition coefficient (Wildman–Crippen LogP) is 1.94. The lowest BCUT2D eigenvalue weighted by Gasteiger charge is -2.07. The minimum Gasteiger partial charge on any atom is -0.395 e. The van der Waals surface area contributed by atoms with Gasteiger partial charge in [0.1, 0.15) is 5.69 Å². The number of carbonyl (C=O) groups is 1. The highest BCUT2D eigenvalue weighted by molar-refractivity contribution is 5.95. The number of rotatable bonds is 1. The van der Waals surface area contributed by atoms with E-state index in [-0.39, 0.29) is 17.4 Å². The van der Waals surface area contributed by atoms with E-state index in [1.807, 2.05) is 0 Å². The van der Waals surface area contributed by atoms with Crippen molar-refractivity contribution in [2.45, 2.75) is 6.29 Å². The van der Waals surface area contributed by atoms with E-state index in [0.29, 0.717) is 5.69 Å². The summed E-state index contributed by atoms with van der Waals surface area (Å²) < 4.78 is 37.6. The van der Waals surface area contributed by atoms with Gasteiger partial charge < -0.3 is 19.8 Å². The number of halogens is 2. The van der Waals surface area contributed by atoms with E-state index < -0.39 is 12.2 Å². The van der Waals surface area contributed by atoms with Crippen LogP contribution in [0.3, 0.4) is 0 Å². The standard InChI is InChI=1S/C14H12F2N4O3/c1-19-7-2-3-9(19)12(21)20-8-5-11-10(4-6-18-13(20)17)22-14(15,16)23-11/h2-8H,1H3,(H2,17,18). The Morgan fingerprint density at radius 3 is 2.57 bits per heavy atom. The summed E-state index contributed by atoms with van der Waals surface area (Å²) in [5.74, 6) is -1.05. The Labute approximate surface area is 129 Å². The molecule has 0 aliphatic carbocycles. The highest BCUT2D eigenvalue weighted by Gasteiger charge is 2.42. The quantitative estimate of drug-likeness (QED) is 0.867. The lowest BCUT2D eigenvalue weighted by atomic mass is 10.4. The van der Waals surface area contributed by atoms with Crippen molar-refractivity contribution in [1.82, 2.24) is 14.1 Å². The zero-order valence-corrected chi connectivity index (χ0v) is 11.9. The molecule has 0 saturated carbocycles. The molecule has 0 saturated heterocycles. The monoisotopic (exact) mass is 322 g/mol.